The molecule has 1 unspecified atom stereocenters. The van der Waals surface area contributed by atoms with E-state index >= 15 is 0 Å². The van der Waals surface area contributed by atoms with Gasteiger partial charge in [0.15, 0.2) is 0 Å². The van der Waals surface area contributed by atoms with Gasteiger partial charge >= 0.3 is 5.97 Å². The number of halogens is 2. The van der Waals surface area contributed by atoms with E-state index in [9.17, 15) is 4.79 Å². The number of carboxylic acid groups (broad SMARTS) is 1. The Morgan fingerprint density at radius 3 is 2.43 bits per heavy atom. The molecule has 3 nitrogen and oxygen atoms in total. The van der Waals surface area contributed by atoms with Gasteiger partial charge in [0.25, 0.3) is 0 Å². The predicted octanol–water partition coefficient (Wildman–Crippen LogP) is 1.85. The predicted molar refractivity (Wildman–Crippen MR) is 57.8 cm³/mol. The van der Waals surface area contributed by atoms with Gasteiger partial charge in [0.1, 0.15) is 6.04 Å². The molecule has 1 rings (SSSR count). The molecule has 14 heavy (non-hydrogen) atoms. The van der Waals surface area contributed by atoms with Crippen molar-refractivity contribution in [3.63, 3.8) is 0 Å². The minimum Gasteiger partial charge on any atom is -0.480 e. The first-order valence-electron chi connectivity index (χ1n) is 3.87. The Bertz CT molecular complexity index is 279. The molecule has 0 saturated carbocycles. The van der Waals surface area contributed by atoms with Gasteiger partial charge in [-0.25, -0.2) is 4.84 Å². The minimum atomic E-state index is -0.946. The third kappa shape index (κ3) is 3.96. The number of aliphatic carboxylic acids is 1. The SMILES string of the molecule is Cl.O=C(O)C(Cc1ccccc1)NCl. The van der Waals surface area contributed by atoms with Gasteiger partial charge in [-0.2, -0.15) is 0 Å². The van der Waals surface area contributed by atoms with Crippen LogP contribution in [0.2, 0.25) is 0 Å². The van der Waals surface area contributed by atoms with E-state index in [4.69, 9.17) is 16.9 Å². The molecule has 0 heterocycles. The monoisotopic (exact) mass is 235 g/mol. The molecule has 1 atom stereocenters. The van der Waals surface area contributed by atoms with E-state index in [0.717, 1.165) is 5.56 Å². The van der Waals surface area contributed by atoms with Crippen LogP contribution in [0.1, 0.15) is 5.56 Å². The lowest BCUT2D eigenvalue weighted by Crippen LogP contribution is -2.32. The van der Waals surface area contributed by atoms with Gasteiger partial charge in [-0.1, -0.05) is 30.3 Å². The van der Waals surface area contributed by atoms with E-state index in [2.05, 4.69) is 4.84 Å². The number of benzene rings is 1. The fourth-order valence-electron chi connectivity index (χ4n) is 1.02. The average Bonchev–Trinajstić information content (AvgIpc) is 2.15. The van der Waals surface area contributed by atoms with E-state index in [1.54, 1.807) is 0 Å². The Morgan fingerprint density at radius 1 is 1.43 bits per heavy atom. The van der Waals surface area contributed by atoms with Crippen molar-refractivity contribution < 1.29 is 9.90 Å². The molecule has 2 N–H and O–H groups in total. The van der Waals surface area contributed by atoms with Crippen molar-refractivity contribution in [2.24, 2.45) is 0 Å². The standard InChI is InChI=1S/C9H10ClNO2.ClH/c10-11-8(9(12)13)6-7-4-2-1-3-5-7;/h1-5,8,11H,6H2,(H,12,13);1H. The van der Waals surface area contributed by atoms with E-state index in [1.165, 1.54) is 0 Å². The van der Waals surface area contributed by atoms with Crippen LogP contribution in [0.15, 0.2) is 30.3 Å². The summed E-state index contributed by atoms with van der Waals surface area (Å²) in [5.41, 5.74) is 0.947. The van der Waals surface area contributed by atoms with Gasteiger partial charge in [0.05, 0.1) is 0 Å². The average molecular weight is 236 g/mol. The van der Waals surface area contributed by atoms with Crippen molar-refractivity contribution in [3.8, 4) is 0 Å². The lowest BCUT2D eigenvalue weighted by Gasteiger charge is -2.08. The highest BCUT2D eigenvalue weighted by Gasteiger charge is 2.15. The molecule has 78 valence electrons. The highest BCUT2D eigenvalue weighted by molar-refractivity contribution is 6.14. The van der Waals surface area contributed by atoms with Gasteiger partial charge in [0.2, 0.25) is 0 Å². The molecule has 0 aliphatic rings. The van der Waals surface area contributed by atoms with E-state index in [1.807, 2.05) is 30.3 Å². The van der Waals surface area contributed by atoms with Crippen molar-refractivity contribution in [1.29, 1.82) is 0 Å². The highest BCUT2D eigenvalue weighted by Crippen LogP contribution is 2.03. The molecule has 0 aliphatic heterocycles. The van der Waals surface area contributed by atoms with Gasteiger partial charge in [-0.15, -0.1) is 12.4 Å². The number of rotatable bonds is 4. The summed E-state index contributed by atoms with van der Waals surface area (Å²) in [4.78, 5) is 12.8. The van der Waals surface area contributed by atoms with Gasteiger partial charge in [-0.3, -0.25) is 4.79 Å². The van der Waals surface area contributed by atoms with E-state index in [-0.39, 0.29) is 12.4 Å². The van der Waals surface area contributed by atoms with Crippen LogP contribution in [-0.2, 0) is 11.2 Å². The molecule has 0 aliphatic carbocycles. The largest absolute Gasteiger partial charge is 0.480 e. The summed E-state index contributed by atoms with van der Waals surface area (Å²) in [6.45, 7) is 0. The van der Waals surface area contributed by atoms with Gasteiger partial charge < -0.3 is 5.11 Å². The van der Waals surface area contributed by atoms with E-state index in [0.29, 0.717) is 6.42 Å². The first kappa shape index (κ1) is 13.2. The van der Waals surface area contributed by atoms with Crippen LogP contribution < -0.4 is 4.84 Å². The molecule has 5 heteroatoms. The van der Waals surface area contributed by atoms with E-state index < -0.39 is 12.0 Å². The van der Waals surface area contributed by atoms with Crippen LogP contribution in [0.5, 0.6) is 0 Å². The zero-order valence-corrected chi connectivity index (χ0v) is 8.89. The number of hydrogen-bond acceptors (Lipinski definition) is 2. The van der Waals surface area contributed by atoms with Crippen LogP contribution in [-0.4, -0.2) is 17.1 Å². The van der Waals surface area contributed by atoms with Gasteiger partial charge in [-0.05, 0) is 23.8 Å². The Hall–Kier alpha value is -0.770. The lowest BCUT2D eigenvalue weighted by molar-refractivity contribution is -0.138. The topological polar surface area (TPSA) is 49.3 Å². The van der Waals surface area contributed by atoms with Crippen LogP contribution in [0.25, 0.3) is 0 Å². The lowest BCUT2D eigenvalue weighted by atomic mass is 10.1. The second-order valence-corrected chi connectivity index (χ2v) is 2.91. The van der Waals surface area contributed by atoms with Crippen molar-refractivity contribution >= 4 is 30.2 Å². The molecule has 0 aromatic heterocycles. The third-order valence-corrected chi connectivity index (χ3v) is 1.98. The number of hydrogen-bond donors (Lipinski definition) is 2. The number of carbonyl (C=O) groups is 1. The second-order valence-electron chi connectivity index (χ2n) is 2.69. The molecular weight excluding hydrogens is 225 g/mol. The Morgan fingerprint density at radius 2 is 2.00 bits per heavy atom. The first-order chi connectivity index (χ1) is 6.24. The second kappa shape index (κ2) is 6.65. The van der Waals surface area contributed by atoms with Crippen LogP contribution in [0, 0.1) is 0 Å². The molecule has 1 aromatic rings. The maximum Gasteiger partial charge on any atom is 0.322 e. The zero-order chi connectivity index (χ0) is 9.68. The maximum atomic E-state index is 10.6. The number of nitrogens with one attached hydrogen (secondary N) is 1. The smallest absolute Gasteiger partial charge is 0.322 e. The maximum absolute atomic E-state index is 10.6. The van der Waals surface area contributed by atoms with Crippen LogP contribution >= 0.6 is 24.2 Å². The first-order valence-corrected chi connectivity index (χ1v) is 4.24. The molecule has 0 bridgehead atoms. The van der Waals surface area contributed by atoms with Crippen LogP contribution in [0.3, 0.4) is 0 Å². The summed E-state index contributed by atoms with van der Waals surface area (Å²) < 4.78 is 0. The fourth-order valence-corrected chi connectivity index (χ4v) is 1.19. The fraction of sp³-hybridized carbons (Fsp3) is 0.222. The summed E-state index contributed by atoms with van der Waals surface area (Å²) in [7, 11) is 0. The summed E-state index contributed by atoms with van der Waals surface area (Å²) in [5, 5.41) is 8.69. The number of carboxylic acids is 1. The van der Waals surface area contributed by atoms with Crippen molar-refractivity contribution in [2.45, 2.75) is 12.5 Å². The molecule has 0 fully saturated rings. The molecule has 0 radical (unpaired) electrons. The normalized spacial score (nSPS) is 11.5. The Labute approximate surface area is 93.6 Å². The molecule has 0 amide bonds. The minimum absolute atomic E-state index is 0. The molecule has 0 spiro atoms. The summed E-state index contributed by atoms with van der Waals surface area (Å²) >= 11 is 5.28. The van der Waals surface area contributed by atoms with Crippen LogP contribution in [0.4, 0.5) is 0 Å². The van der Waals surface area contributed by atoms with Crippen molar-refractivity contribution in [1.82, 2.24) is 4.84 Å². The zero-order valence-electron chi connectivity index (χ0n) is 7.31. The highest BCUT2D eigenvalue weighted by atomic mass is 35.5. The third-order valence-electron chi connectivity index (χ3n) is 1.71. The summed E-state index contributed by atoms with van der Waals surface area (Å²) in [6, 6.07) is 8.61. The Balaban J connectivity index is 0.00000169. The van der Waals surface area contributed by atoms with Gasteiger partial charge in [0, 0.05) is 0 Å². The van der Waals surface area contributed by atoms with Crippen molar-refractivity contribution in [2.75, 3.05) is 0 Å². The molecule has 1 aromatic carbocycles. The molecular formula is C9H11Cl2NO2. The quantitative estimate of drug-likeness (QED) is 0.784. The summed E-state index contributed by atoms with van der Waals surface area (Å²) in [6.07, 6.45) is 0.389. The molecule has 0 saturated heterocycles. The summed E-state index contributed by atoms with van der Waals surface area (Å²) in [5.74, 6) is -0.946. The Kier molecular flexibility index (Phi) is 6.28. The van der Waals surface area contributed by atoms with Crippen molar-refractivity contribution in [3.05, 3.63) is 35.9 Å².